The summed E-state index contributed by atoms with van der Waals surface area (Å²) in [4.78, 5) is 0. The summed E-state index contributed by atoms with van der Waals surface area (Å²) in [6, 6.07) is 6.72. The maximum absolute atomic E-state index is 13.1. The zero-order chi connectivity index (χ0) is 17.3. The van der Waals surface area contributed by atoms with Crippen LogP contribution in [0.1, 0.15) is 43.1 Å². The second-order valence-corrected chi connectivity index (χ2v) is 7.18. The Hall–Kier alpha value is -1.72. The Morgan fingerprint density at radius 2 is 2.04 bits per heavy atom. The number of nitrogens with one attached hydrogen (secondary N) is 1. The summed E-state index contributed by atoms with van der Waals surface area (Å²) in [6.45, 7) is 7.15. The average molecular weight is 331 g/mol. The van der Waals surface area contributed by atoms with Crippen molar-refractivity contribution in [1.29, 1.82) is 0 Å². The summed E-state index contributed by atoms with van der Waals surface area (Å²) in [5.74, 6) is -0.244. The number of aromatic nitrogens is 2. The summed E-state index contributed by atoms with van der Waals surface area (Å²) in [5.41, 5.74) is 4.05. The van der Waals surface area contributed by atoms with Gasteiger partial charge in [0.05, 0.1) is 11.4 Å². The fourth-order valence-electron chi connectivity index (χ4n) is 3.76. The van der Waals surface area contributed by atoms with Crippen molar-refractivity contribution in [2.24, 2.45) is 5.41 Å². The largest absolute Gasteiger partial charge is 0.396 e. The lowest BCUT2D eigenvalue weighted by molar-refractivity contribution is 0.118. The molecule has 2 atom stereocenters. The van der Waals surface area contributed by atoms with E-state index in [4.69, 9.17) is 0 Å². The molecule has 0 amide bonds. The number of hydrogen-bond donors (Lipinski definition) is 2. The third-order valence-electron chi connectivity index (χ3n) is 5.48. The van der Waals surface area contributed by atoms with Crippen molar-refractivity contribution in [1.82, 2.24) is 15.1 Å². The highest BCUT2D eigenvalue weighted by Gasteiger charge is 2.37. The second kappa shape index (κ2) is 6.65. The van der Waals surface area contributed by atoms with Crippen LogP contribution in [-0.2, 0) is 6.54 Å². The molecule has 2 unspecified atom stereocenters. The van der Waals surface area contributed by atoms with Crippen molar-refractivity contribution in [3.63, 3.8) is 0 Å². The molecule has 4 nitrogen and oxygen atoms in total. The SMILES string of the molecule is Cc1nn(-c2ccc(F)cc2)c(C)c1CNC1CCCC1(C)CO. The lowest BCUT2D eigenvalue weighted by atomic mass is 9.85. The molecule has 1 aromatic heterocycles. The molecular formula is C19H26FN3O. The van der Waals surface area contributed by atoms with Gasteiger partial charge in [-0.15, -0.1) is 0 Å². The fraction of sp³-hybridized carbons (Fsp3) is 0.526. The lowest BCUT2D eigenvalue weighted by Gasteiger charge is -2.30. The molecule has 0 aliphatic heterocycles. The Morgan fingerprint density at radius 3 is 2.71 bits per heavy atom. The minimum absolute atomic E-state index is 0.0330. The molecule has 24 heavy (non-hydrogen) atoms. The van der Waals surface area contributed by atoms with Gasteiger partial charge in [-0.2, -0.15) is 5.10 Å². The number of nitrogens with zero attached hydrogens (tertiary/aromatic N) is 2. The molecule has 0 spiro atoms. The standard InChI is InChI=1S/C19H26FN3O/c1-13-17(11-21-18-5-4-10-19(18,3)12-24)14(2)23(22-13)16-8-6-15(20)7-9-16/h6-9,18,21,24H,4-5,10-12H2,1-3H3. The Bertz CT molecular complexity index is 710. The van der Waals surface area contributed by atoms with E-state index in [1.54, 1.807) is 12.1 Å². The van der Waals surface area contributed by atoms with Gasteiger partial charge in [0.15, 0.2) is 0 Å². The number of hydrogen-bond acceptors (Lipinski definition) is 3. The van der Waals surface area contributed by atoms with E-state index in [1.165, 1.54) is 17.7 Å². The first-order chi connectivity index (χ1) is 11.4. The molecular weight excluding hydrogens is 305 g/mol. The van der Waals surface area contributed by atoms with E-state index in [9.17, 15) is 9.50 Å². The minimum Gasteiger partial charge on any atom is -0.396 e. The maximum atomic E-state index is 13.1. The topological polar surface area (TPSA) is 50.1 Å². The van der Waals surface area contributed by atoms with E-state index in [-0.39, 0.29) is 17.8 Å². The van der Waals surface area contributed by atoms with Gasteiger partial charge in [-0.05, 0) is 51.0 Å². The van der Waals surface area contributed by atoms with Gasteiger partial charge in [0, 0.05) is 35.9 Å². The van der Waals surface area contributed by atoms with E-state index in [1.807, 2.05) is 18.5 Å². The normalized spacial score (nSPS) is 23.8. The van der Waals surface area contributed by atoms with Crippen LogP contribution < -0.4 is 5.32 Å². The third-order valence-corrected chi connectivity index (χ3v) is 5.48. The van der Waals surface area contributed by atoms with Gasteiger partial charge in [-0.3, -0.25) is 0 Å². The fourth-order valence-corrected chi connectivity index (χ4v) is 3.76. The van der Waals surface area contributed by atoms with Crippen LogP contribution in [0.2, 0.25) is 0 Å². The molecule has 2 N–H and O–H groups in total. The summed E-state index contributed by atoms with van der Waals surface area (Å²) >= 11 is 0. The van der Waals surface area contributed by atoms with Gasteiger partial charge in [0.2, 0.25) is 0 Å². The Kier molecular flexibility index (Phi) is 4.74. The van der Waals surface area contributed by atoms with Crippen LogP contribution >= 0.6 is 0 Å². The Balaban J connectivity index is 1.78. The third kappa shape index (κ3) is 3.10. The zero-order valence-corrected chi connectivity index (χ0v) is 14.6. The number of aliphatic hydroxyl groups is 1. The lowest BCUT2D eigenvalue weighted by Crippen LogP contribution is -2.41. The van der Waals surface area contributed by atoms with Crippen molar-refractivity contribution < 1.29 is 9.50 Å². The molecule has 1 aromatic carbocycles. The van der Waals surface area contributed by atoms with E-state index in [0.29, 0.717) is 6.04 Å². The van der Waals surface area contributed by atoms with Crippen LogP contribution in [0.25, 0.3) is 5.69 Å². The molecule has 3 rings (SSSR count). The highest BCUT2D eigenvalue weighted by atomic mass is 19.1. The molecule has 1 aliphatic rings. The molecule has 1 aliphatic carbocycles. The van der Waals surface area contributed by atoms with Crippen LogP contribution in [0, 0.1) is 25.1 Å². The molecule has 0 bridgehead atoms. The van der Waals surface area contributed by atoms with Crippen molar-refractivity contribution in [2.45, 2.75) is 52.6 Å². The molecule has 1 fully saturated rings. The Labute approximate surface area is 142 Å². The molecule has 1 heterocycles. The minimum atomic E-state index is -0.244. The monoisotopic (exact) mass is 331 g/mol. The van der Waals surface area contributed by atoms with Crippen molar-refractivity contribution >= 4 is 0 Å². The first-order valence-electron chi connectivity index (χ1n) is 8.60. The predicted molar refractivity (Wildman–Crippen MR) is 92.7 cm³/mol. The predicted octanol–water partition coefficient (Wildman–Crippen LogP) is 3.27. The highest BCUT2D eigenvalue weighted by molar-refractivity contribution is 5.37. The summed E-state index contributed by atoms with van der Waals surface area (Å²) in [5, 5.41) is 17.9. The van der Waals surface area contributed by atoms with Gasteiger partial charge in [-0.1, -0.05) is 13.3 Å². The molecule has 130 valence electrons. The van der Waals surface area contributed by atoms with E-state index < -0.39 is 0 Å². The van der Waals surface area contributed by atoms with E-state index in [0.717, 1.165) is 42.9 Å². The number of halogens is 1. The smallest absolute Gasteiger partial charge is 0.123 e. The van der Waals surface area contributed by atoms with Gasteiger partial charge in [0.1, 0.15) is 5.82 Å². The molecule has 2 aromatic rings. The molecule has 1 saturated carbocycles. The number of rotatable bonds is 5. The second-order valence-electron chi connectivity index (χ2n) is 7.18. The molecule has 0 saturated heterocycles. The van der Waals surface area contributed by atoms with Gasteiger partial charge < -0.3 is 10.4 Å². The average Bonchev–Trinajstić information content (AvgIpc) is 3.07. The quantitative estimate of drug-likeness (QED) is 0.884. The summed E-state index contributed by atoms with van der Waals surface area (Å²) in [7, 11) is 0. The van der Waals surface area contributed by atoms with Crippen LogP contribution in [0.15, 0.2) is 24.3 Å². The Morgan fingerprint density at radius 1 is 1.33 bits per heavy atom. The highest BCUT2D eigenvalue weighted by Crippen LogP contribution is 2.37. The van der Waals surface area contributed by atoms with Gasteiger partial charge in [-0.25, -0.2) is 9.07 Å². The number of benzene rings is 1. The summed E-state index contributed by atoms with van der Waals surface area (Å²) < 4.78 is 15.0. The zero-order valence-electron chi connectivity index (χ0n) is 14.6. The summed E-state index contributed by atoms with van der Waals surface area (Å²) in [6.07, 6.45) is 3.32. The first kappa shape index (κ1) is 17.1. The molecule has 5 heteroatoms. The van der Waals surface area contributed by atoms with Gasteiger partial charge >= 0.3 is 0 Å². The molecule has 0 radical (unpaired) electrons. The van der Waals surface area contributed by atoms with Crippen LogP contribution in [0.4, 0.5) is 4.39 Å². The van der Waals surface area contributed by atoms with Crippen LogP contribution in [0.5, 0.6) is 0 Å². The number of aliphatic hydroxyl groups excluding tert-OH is 1. The van der Waals surface area contributed by atoms with Crippen molar-refractivity contribution in [2.75, 3.05) is 6.61 Å². The van der Waals surface area contributed by atoms with Crippen molar-refractivity contribution in [3.8, 4) is 5.69 Å². The number of aryl methyl sites for hydroxylation is 1. The van der Waals surface area contributed by atoms with E-state index in [2.05, 4.69) is 17.3 Å². The first-order valence-corrected chi connectivity index (χ1v) is 8.60. The van der Waals surface area contributed by atoms with E-state index >= 15 is 0 Å². The van der Waals surface area contributed by atoms with Crippen LogP contribution in [0.3, 0.4) is 0 Å². The van der Waals surface area contributed by atoms with Crippen LogP contribution in [-0.4, -0.2) is 27.5 Å². The maximum Gasteiger partial charge on any atom is 0.123 e. The van der Waals surface area contributed by atoms with Gasteiger partial charge in [0.25, 0.3) is 0 Å². The van der Waals surface area contributed by atoms with Crippen molar-refractivity contribution in [3.05, 3.63) is 47.0 Å².